The maximum Gasteiger partial charge on any atom is 0.273 e. The number of phenols is 1. The molecule has 0 aromatic heterocycles. The third-order valence-corrected chi connectivity index (χ3v) is 2.85. The first-order valence-electron chi connectivity index (χ1n) is 5.93. The Morgan fingerprint density at radius 2 is 1.81 bits per heavy atom. The summed E-state index contributed by atoms with van der Waals surface area (Å²) < 4.78 is 12.9. The molecule has 0 saturated heterocycles. The number of carbonyl (C=O) groups is 1. The molecule has 108 valence electrons. The molecule has 0 heterocycles. The predicted molar refractivity (Wildman–Crippen MR) is 81.2 cm³/mol. The highest BCUT2D eigenvalue weighted by Gasteiger charge is 2.16. The molecule has 0 bridgehead atoms. The third-order valence-electron chi connectivity index (χ3n) is 2.67. The van der Waals surface area contributed by atoms with Crippen molar-refractivity contribution in [3.8, 4) is 5.75 Å². The number of hydrazine groups is 1. The highest BCUT2D eigenvalue weighted by atomic mass is 32.1. The van der Waals surface area contributed by atoms with Gasteiger partial charge in [0.05, 0.1) is 11.3 Å². The van der Waals surface area contributed by atoms with Crippen molar-refractivity contribution in [3.05, 3.63) is 59.9 Å². The van der Waals surface area contributed by atoms with E-state index in [9.17, 15) is 14.3 Å². The van der Waals surface area contributed by atoms with E-state index in [2.05, 4.69) is 5.43 Å². The van der Waals surface area contributed by atoms with Gasteiger partial charge < -0.3 is 10.8 Å². The van der Waals surface area contributed by atoms with Crippen LogP contribution in [0.3, 0.4) is 0 Å². The summed E-state index contributed by atoms with van der Waals surface area (Å²) in [5.41, 5.74) is 8.48. The van der Waals surface area contributed by atoms with Crippen LogP contribution in [0.1, 0.15) is 10.4 Å². The zero-order valence-electron chi connectivity index (χ0n) is 10.8. The number of benzene rings is 2. The van der Waals surface area contributed by atoms with Gasteiger partial charge in [0, 0.05) is 0 Å². The number of hydrogen-bond acceptors (Lipinski definition) is 3. The van der Waals surface area contributed by atoms with E-state index in [1.807, 2.05) is 0 Å². The fourth-order valence-corrected chi connectivity index (χ4v) is 1.82. The monoisotopic (exact) mass is 305 g/mol. The second-order valence-corrected chi connectivity index (χ2v) is 4.53. The number of aromatic hydroxyl groups is 1. The number of amides is 1. The maximum atomic E-state index is 12.9. The predicted octanol–water partition coefficient (Wildman–Crippen LogP) is 1.93. The Bertz CT molecular complexity index is 676. The van der Waals surface area contributed by atoms with Gasteiger partial charge in [-0.1, -0.05) is 12.1 Å². The normalized spacial score (nSPS) is 9.95. The van der Waals surface area contributed by atoms with E-state index < -0.39 is 11.7 Å². The molecule has 0 atom stereocenters. The maximum absolute atomic E-state index is 12.9. The zero-order valence-corrected chi connectivity index (χ0v) is 11.6. The van der Waals surface area contributed by atoms with Gasteiger partial charge in [-0.25, -0.2) is 9.40 Å². The number of rotatable bonds is 2. The molecule has 0 saturated carbocycles. The molecule has 2 aromatic carbocycles. The molecule has 0 aliphatic heterocycles. The van der Waals surface area contributed by atoms with Gasteiger partial charge in [0.2, 0.25) is 0 Å². The number of para-hydroxylation sites is 1. The van der Waals surface area contributed by atoms with Gasteiger partial charge in [-0.05, 0) is 48.6 Å². The average Bonchev–Trinajstić information content (AvgIpc) is 2.46. The van der Waals surface area contributed by atoms with Gasteiger partial charge >= 0.3 is 0 Å². The smallest absolute Gasteiger partial charge is 0.273 e. The number of halogens is 1. The number of nitrogens with zero attached hydrogens (tertiary/aromatic N) is 1. The van der Waals surface area contributed by atoms with E-state index in [0.717, 1.165) is 5.01 Å². The van der Waals surface area contributed by atoms with Crippen molar-refractivity contribution in [1.29, 1.82) is 0 Å². The van der Waals surface area contributed by atoms with Crippen molar-refractivity contribution in [3.63, 3.8) is 0 Å². The number of hydrogen-bond donors (Lipinski definition) is 3. The Labute approximate surface area is 125 Å². The molecule has 0 aliphatic carbocycles. The molecule has 4 N–H and O–H groups in total. The lowest BCUT2D eigenvalue weighted by atomic mass is 10.2. The zero-order chi connectivity index (χ0) is 15.4. The first-order chi connectivity index (χ1) is 9.99. The van der Waals surface area contributed by atoms with Gasteiger partial charge in [-0.2, -0.15) is 0 Å². The number of thiocarbonyl (C=S) groups is 1. The summed E-state index contributed by atoms with van der Waals surface area (Å²) >= 11 is 4.87. The van der Waals surface area contributed by atoms with E-state index in [4.69, 9.17) is 18.0 Å². The molecule has 1 amide bonds. The van der Waals surface area contributed by atoms with Crippen LogP contribution >= 0.6 is 12.2 Å². The summed E-state index contributed by atoms with van der Waals surface area (Å²) in [5.74, 6) is -1.18. The van der Waals surface area contributed by atoms with Crippen molar-refractivity contribution in [2.45, 2.75) is 0 Å². The van der Waals surface area contributed by atoms with E-state index in [1.165, 1.54) is 36.4 Å². The Kier molecular flexibility index (Phi) is 4.34. The van der Waals surface area contributed by atoms with Crippen LogP contribution < -0.4 is 16.2 Å². The number of nitrogens with two attached hydrogens (primary N) is 1. The topological polar surface area (TPSA) is 78.6 Å². The lowest BCUT2D eigenvalue weighted by Gasteiger charge is -2.23. The van der Waals surface area contributed by atoms with E-state index in [-0.39, 0.29) is 16.4 Å². The fourth-order valence-electron chi connectivity index (χ4n) is 1.66. The lowest BCUT2D eigenvalue weighted by Crippen LogP contribution is -2.49. The molecule has 0 unspecified atom stereocenters. The van der Waals surface area contributed by atoms with Gasteiger partial charge in [-0.15, -0.1) is 0 Å². The summed E-state index contributed by atoms with van der Waals surface area (Å²) in [6.45, 7) is 0. The molecule has 21 heavy (non-hydrogen) atoms. The van der Waals surface area contributed by atoms with E-state index in [0.29, 0.717) is 5.69 Å². The van der Waals surface area contributed by atoms with Gasteiger partial charge in [0.25, 0.3) is 5.91 Å². The van der Waals surface area contributed by atoms with E-state index in [1.54, 1.807) is 12.1 Å². The van der Waals surface area contributed by atoms with Crippen LogP contribution in [0.5, 0.6) is 5.75 Å². The standard InChI is InChI=1S/C14H12FN3O2S/c15-9-5-7-10(8-6-9)18(14(16)21)17-13(20)11-3-1-2-4-12(11)19/h1-8,19H,(H2,16,21)(H,17,20). The van der Waals surface area contributed by atoms with Crippen molar-refractivity contribution in [1.82, 2.24) is 5.43 Å². The summed E-state index contributed by atoms with van der Waals surface area (Å²) in [6, 6.07) is 11.3. The summed E-state index contributed by atoms with van der Waals surface area (Å²) in [7, 11) is 0. The van der Waals surface area contributed by atoms with Gasteiger partial charge in [-0.3, -0.25) is 10.2 Å². The number of carbonyl (C=O) groups excluding carboxylic acids is 1. The van der Waals surface area contributed by atoms with Crippen LogP contribution in [0.15, 0.2) is 48.5 Å². The van der Waals surface area contributed by atoms with Crippen LogP contribution in [-0.2, 0) is 0 Å². The Morgan fingerprint density at radius 1 is 1.19 bits per heavy atom. The van der Waals surface area contributed by atoms with E-state index >= 15 is 0 Å². The third kappa shape index (κ3) is 3.46. The minimum atomic E-state index is -0.592. The molecule has 0 aliphatic rings. The van der Waals surface area contributed by atoms with Crippen LogP contribution in [0.4, 0.5) is 10.1 Å². The minimum Gasteiger partial charge on any atom is -0.507 e. The number of anilines is 1. The Hall–Kier alpha value is -2.67. The molecule has 7 heteroatoms. The minimum absolute atomic E-state index is 0.0702. The molecular weight excluding hydrogens is 293 g/mol. The summed E-state index contributed by atoms with van der Waals surface area (Å²) in [6.07, 6.45) is 0. The fraction of sp³-hybridized carbons (Fsp3) is 0. The highest BCUT2D eigenvalue weighted by Crippen LogP contribution is 2.17. The summed E-state index contributed by atoms with van der Waals surface area (Å²) in [4.78, 5) is 12.1. The quantitative estimate of drug-likeness (QED) is 0.583. The van der Waals surface area contributed by atoms with Crippen LogP contribution in [0, 0.1) is 5.82 Å². The number of phenolic OH excluding ortho intramolecular Hbond substituents is 1. The van der Waals surface area contributed by atoms with Crippen LogP contribution in [0.2, 0.25) is 0 Å². The second kappa shape index (κ2) is 6.19. The molecule has 2 rings (SSSR count). The molecule has 0 fully saturated rings. The first-order valence-corrected chi connectivity index (χ1v) is 6.34. The van der Waals surface area contributed by atoms with Gasteiger partial charge in [0.15, 0.2) is 5.11 Å². The molecular formula is C14H12FN3O2S. The van der Waals surface area contributed by atoms with Gasteiger partial charge in [0.1, 0.15) is 11.6 Å². The second-order valence-electron chi connectivity index (χ2n) is 4.11. The number of nitrogens with one attached hydrogen (secondary N) is 1. The largest absolute Gasteiger partial charge is 0.507 e. The highest BCUT2D eigenvalue weighted by molar-refractivity contribution is 7.80. The SMILES string of the molecule is NC(=S)N(NC(=O)c1ccccc1O)c1ccc(F)cc1. The molecule has 0 spiro atoms. The molecule has 0 radical (unpaired) electrons. The summed E-state index contributed by atoms with van der Waals surface area (Å²) in [5, 5.41) is 10.7. The first kappa shape index (κ1) is 14.7. The van der Waals surface area contributed by atoms with Crippen LogP contribution in [-0.4, -0.2) is 16.1 Å². The lowest BCUT2D eigenvalue weighted by molar-refractivity contribution is 0.0952. The van der Waals surface area contributed by atoms with Crippen LogP contribution in [0.25, 0.3) is 0 Å². The Morgan fingerprint density at radius 3 is 2.38 bits per heavy atom. The van der Waals surface area contributed by atoms with Crippen molar-refractivity contribution in [2.75, 3.05) is 5.01 Å². The van der Waals surface area contributed by atoms with Crippen molar-refractivity contribution >= 4 is 28.9 Å². The van der Waals surface area contributed by atoms with Crippen molar-refractivity contribution < 1.29 is 14.3 Å². The van der Waals surface area contributed by atoms with Crippen molar-refractivity contribution in [2.24, 2.45) is 5.73 Å². The average molecular weight is 305 g/mol. The molecule has 2 aromatic rings. The Balaban J connectivity index is 2.25. The molecule has 5 nitrogen and oxygen atoms in total.